The Hall–Kier alpha value is -6.45. The molecule has 0 atom stereocenters. The fourth-order valence-corrected chi connectivity index (χ4v) is 8.08. The van der Waals surface area contributed by atoms with Crippen molar-refractivity contribution in [3.05, 3.63) is 198 Å². The summed E-state index contributed by atoms with van der Waals surface area (Å²) in [6.45, 7) is 0. The standard InChI is InChI=1S/C46H29N3/c1-2-11-31(12-3-1)43-28-44(49-45(48-43)32-22-20-30(21-23-32)34-13-10-26-47-29-34)33-24-25-38-37-16-6-9-19-41(37)46(42(38)27-33)39-17-7-4-14-35(39)36-15-5-8-18-40(36)46/h1-29H. The van der Waals surface area contributed by atoms with Crippen LogP contribution in [-0.4, -0.2) is 15.0 Å². The van der Waals surface area contributed by atoms with Gasteiger partial charge < -0.3 is 0 Å². The molecule has 1 spiro atoms. The Morgan fingerprint density at radius 1 is 0.347 bits per heavy atom. The van der Waals surface area contributed by atoms with Crippen LogP contribution in [0.3, 0.4) is 0 Å². The first kappa shape index (κ1) is 27.6. The summed E-state index contributed by atoms with van der Waals surface area (Å²) in [7, 11) is 0. The lowest BCUT2D eigenvalue weighted by Gasteiger charge is -2.30. The van der Waals surface area contributed by atoms with E-state index in [1.54, 1.807) is 6.20 Å². The summed E-state index contributed by atoms with van der Waals surface area (Å²) >= 11 is 0. The first-order chi connectivity index (χ1) is 24.3. The summed E-state index contributed by atoms with van der Waals surface area (Å²) in [6.07, 6.45) is 3.69. The van der Waals surface area contributed by atoms with Crippen molar-refractivity contribution in [2.24, 2.45) is 0 Å². The summed E-state index contributed by atoms with van der Waals surface area (Å²) in [5, 5.41) is 0. The molecule has 0 radical (unpaired) electrons. The van der Waals surface area contributed by atoms with Crippen LogP contribution >= 0.6 is 0 Å². The average molecular weight is 624 g/mol. The summed E-state index contributed by atoms with van der Waals surface area (Å²) < 4.78 is 0. The minimum Gasteiger partial charge on any atom is -0.264 e. The van der Waals surface area contributed by atoms with Gasteiger partial charge in [-0.2, -0.15) is 0 Å². The molecule has 8 aromatic rings. The van der Waals surface area contributed by atoms with Crippen molar-refractivity contribution in [3.8, 4) is 67.3 Å². The van der Waals surface area contributed by atoms with E-state index in [-0.39, 0.29) is 0 Å². The average Bonchev–Trinajstić information content (AvgIpc) is 3.66. The van der Waals surface area contributed by atoms with E-state index in [1.165, 1.54) is 44.5 Å². The summed E-state index contributed by atoms with van der Waals surface area (Å²) in [5.41, 5.74) is 17.1. The van der Waals surface area contributed by atoms with E-state index >= 15 is 0 Å². The summed E-state index contributed by atoms with van der Waals surface area (Å²) in [4.78, 5) is 14.7. The van der Waals surface area contributed by atoms with Crippen molar-refractivity contribution in [1.29, 1.82) is 0 Å². The second kappa shape index (κ2) is 10.8. The highest BCUT2D eigenvalue weighted by Gasteiger charge is 2.51. The highest BCUT2D eigenvalue weighted by atomic mass is 14.9. The third-order valence-electron chi connectivity index (χ3n) is 10.2. The Balaban J connectivity index is 1.18. The molecule has 0 fully saturated rings. The molecule has 10 rings (SSSR count). The largest absolute Gasteiger partial charge is 0.264 e. The van der Waals surface area contributed by atoms with Crippen molar-refractivity contribution < 1.29 is 0 Å². The van der Waals surface area contributed by atoms with Gasteiger partial charge in [-0.15, -0.1) is 0 Å². The van der Waals surface area contributed by atoms with Crippen LogP contribution in [0.2, 0.25) is 0 Å². The maximum absolute atomic E-state index is 5.26. The Morgan fingerprint density at radius 2 is 0.857 bits per heavy atom. The quantitative estimate of drug-likeness (QED) is 0.196. The third kappa shape index (κ3) is 4.12. The maximum Gasteiger partial charge on any atom is 0.160 e. The number of pyridine rings is 1. The van der Waals surface area contributed by atoms with Gasteiger partial charge in [0.05, 0.1) is 16.8 Å². The van der Waals surface area contributed by atoms with Crippen LogP contribution in [-0.2, 0) is 5.41 Å². The molecule has 0 amide bonds. The van der Waals surface area contributed by atoms with Gasteiger partial charge in [-0.1, -0.05) is 146 Å². The molecule has 2 heterocycles. The molecule has 2 aliphatic carbocycles. The Kier molecular flexibility index (Phi) is 6.09. The van der Waals surface area contributed by atoms with Crippen LogP contribution in [0.15, 0.2) is 176 Å². The molecule has 0 aliphatic heterocycles. The molecular weight excluding hydrogens is 595 g/mol. The number of benzene rings is 6. The second-order valence-corrected chi connectivity index (χ2v) is 12.8. The molecule has 6 aromatic carbocycles. The van der Waals surface area contributed by atoms with Gasteiger partial charge >= 0.3 is 0 Å². The highest BCUT2D eigenvalue weighted by Crippen LogP contribution is 2.63. The molecule has 3 nitrogen and oxygen atoms in total. The molecule has 2 aliphatic rings. The Labute approximate surface area is 285 Å². The molecule has 0 unspecified atom stereocenters. The smallest absolute Gasteiger partial charge is 0.160 e. The van der Waals surface area contributed by atoms with Crippen molar-refractivity contribution >= 4 is 0 Å². The zero-order chi connectivity index (χ0) is 32.4. The van der Waals surface area contributed by atoms with E-state index in [0.717, 1.165) is 39.2 Å². The Bertz CT molecular complexity index is 2470. The van der Waals surface area contributed by atoms with Crippen LogP contribution in [0.4, 0.5) is 0 Å². The third-order valence-corrected chi connectivity index (χ3v) is 10.2. The molecule has 2 aromatic heterocycles. The topological polar surface area (TPSA) is 38.7 Å². The summed E-state index contributed by atoms with van der Waals surface area (Å²) in [5.74, 6) is 0.698. The van der Waals surface area contributed by atoms with E-state index in [9.17, 15) is 0 Å². The van der Waals surface area contributed by atoms with Gasteiger partial charge in [0.1, 0.15) is 0 Å². The van der Waals surface area contributed by atoms with Crippen LogP contribution in [0.25, 0.3) is 67.3 Å². The molecule has 0 saturated heterocycles. The number of aromatic nitrogens is 3. The zero-order valence-electron chi connectivity index (χ0n) is 26.6. The van der Waals surface area contributed by atoms with Crippen LogP contribution < -0.4 is 0 Å². The molecule has 3 heteroatoms. The van der Waals surface area contributed by atoms with Crippen molar-refractivity contribution in [2.45, 2.75) is 5.41 Å². The number of rotatable bonds is 4. The number of hydrogen-bond acceptors (Lipinski definition) is 3. The van der Waals surface area contributed by atoms with Gasteiger partial charge in [0, 0.05) is 29.1 Å². The van der Waals surface area contributed by atoms with Crippen LogP contribution in [0.1, 0.15) is 22.3 Å². The van der Waals surface area contributed by atoms with Crippen molar-refractivity contribution in [2.75, 3.05) is 0 Å². The van der Waals surface area contributed by atoms with Crippen molar-refractivity contribution in [3.63, 3.8) is 0 Å². The van der Waals surface area contributed by atoms with Gasteiger partial charge in [-0.3, -0.25) is 4.98 Å². The van der Waals surface area contributed by atoms with Gasteiger partial charge in [0.15, 0.2) is 5.82 Å². The molecule has 228 valence electrons. The monoisotopic (exact) mass is 623 g/mol. The van der Waals surface area contributed by atoms with E-state index in [1.807, 2.05) is 18.3 Å². The van der Waals surface area contributed by atoms with E-state index in [4.69, 9.17) is 9.97 Å². The highest BCUT2D eigenvalue weighted by molar-refractivity contribution is 5.95. The van der Waals surface area contributed by atoms with Crippen molar-refractivity contribution in [1.82, 2.24) is 15.0 Å². The predicted octanol–water partition coefficient (Wildman–Crippen LogP) is 10.9. The maximum atomic E-state index is 5.26. The lowest BCUT2D eigenvalue weighted by atomic mass is 9.70. The fourth-order valence-electron chi connectivity index (χ4n) is 8.08. The van der Waals surface area contributed by atoms with E-state index in [0.29, 0.717) is 5.82 Å². The molecule has 0 N–H and O–H groups in total. The molecular formula is C46H29N3. The first-order valence-electron chi connectivity index (χ1n) is 16.7. The Morgan fingerprint density at radius 3 is 1.47 bits per heavy atom. The lowest BCUT2D eigenvalue weighted by molar-refractivity contribution is 0.794. The number of hydrogen-bond donors (Lipinski definition) is 0. The van der Waals surface area contributed by atoms with E-state index < -0.39 is 5.41 Å². The minimum atomic E-state index is -0.407. The predicted molar refractivity (Wildman–Crippen MR) is 198 cm³/mol. The van der Waals surface area contributed by atoms with Gasteiger partial charge in [-0.05, 0) is 73.8 Å². The number of fused-ring (bicyclic) bond motifs is 10. The van der Waals surface area contributed by atoms with Gasteiger partial charge in [0.2, 0.25) is 0 Å². The fraction of sp³-hybridized carbons (Fsp3) is 0.0217. The van der Waals surface area contributed by atoms with Crippen LogP contribution in [0, 0.1) is 0 Å². The lowest BCUT2D eigenvalue weighted by Crippen LogP contribution is -2.25. The van der Waals surface area contributed by atoms with Crippen LogP contribution in [0.5, 0.6) is 0 Å². The first-order valence-corrected chi connectivity index (χ1v) is 16.7. The molecule has 0 saturated carbocycles. The van der Waals surface area contributed by atoms with Gasteiger partial charge in [0.25, 0.3) is 0 Å². The zero-order valence-corrected chi connectivity index (χ0v) is 26.6. The molecule has 0 bridgehead atoms. The minimum absolute atomic E-state index is 0.407. The van der Waals surface area contributed by atoms with E-state index in [2.05, 4.69) is 157 Å². The number of nitrogens with zero attached hydrogens (tertiary/aromatic N) is 3. The second-order valence-electron chi connectivity index (χ2n) is 12.8. The normalized spacial score (nSPS) is 13.1. The summed E-state index contributed by atoms with van der Waals surface area (Å²) in [6, 6.07) is 58.7. The SMILES string of the molecule is c1ccc(-c2cc(-c3ccc4c(c3)C3(c5ccccc5-c5ccccc53)c3ccccc3-4)nc(-c3ccc(-c4cccnc4)cc3)n2)cc1. The molecule has 49 heavy (non-hydrogen) atoms. The van der Waals surface area contributed by atoms with Gasteiger partial charge in [-0.25, -0.2) is 9.97 Å².